The van der Waals surface area contributed by atoms with E-state index < -0.39 is 0 Å². The van der Waals surface area contributed by atoms with E-state index in [1.807, 2.05) is 54.0 Å². The van der Waals surface area contributed by atoms with Crippen molar-refractivity contribution in [2.75, 3.05) is 24.3 Å². The number of benzene rings is 1. The minimum Gasteiger partial charge on any atom is -0.377 e. The van der Waals surface area contributed by atoms with Gasteiger partial charge in [-0.1, -0.05) is 12.1 Å². The molecule has 0 aliphatic heterocycles. The Morgan fingerprint density at radius 2 is 2.12 bits per heavy atom. The lowest BCUT2D eigenvalue weighted by Crippen LogP contribution is -2.18. The molecule has 0 unspecified atom stereocenters. The first-order valence-electron chi connectivity index (χ1n) is 8.44. The number of amides is 1. The topological polar surface area (TPSA) is 88.8 Å². The van der Waals surface area contributed by atoms with Crippen LogP contribution in [0.3, 0.4) is 0 Å². The van der Waals surface area contributed by atoms with Crippen molar-refractivity contribution in [3.8, 4) is 11.4 Å². The van der Waals surface area contributed by atoms with Crippen molar-refractivity contribution < 1.29 is 4.79 Å². The molecular formula is C18H19N7O. The van der Waals surface area contributed by atoms with E-state index >= 15 is 0 Å². The number of hydrogen-bond donors (Lipinski definition) is 1. The summed E-state index contributed by atoms with van der Waals surface area (Å²) in [6.07, 6.45) is 5.44. The molecular weight excluding hydrogens is 330 g/mol. The number of anilines is 2. The van der Waals surface area contributed by atoms with Crippen LogP contribution in [0.5, 0.6) is 0 Å². The molecule has 8 heteroatoms. The third kappa shape index (κ3) is 3.13. The van der Waals surface area contributed by atoms with Crippen LogP contribution in [0.1, 0.15) is 29.2 Å². The summed E-state index contributed by atoms with van der Waals surface area (Å²) in [7, 11) is 3.79. The molecule has 1 aliphatic rings. The standard InChI is InChI=1S/C18H19N7O/c1-24(2)16-8-9-19-11-15(16)18(26)20-13-5-3-4-12(10-13)17-21-22-23-25(17)14-6-7-14/h3-5,8-11,14H,6-7H2,1-2H3,(H,20,26). The maximum absolute atomic E-state index is 12.7. The average Bonchev–Trinajstić information content (AvgIpc) is 3.38. The van der Waals surface area contributed by atoms with Gasteiger partial charge in [-0.25, -0.2) is 4.68 Å². The predicted molar refractivity (Wildman–Crippen MR) is 98.0 cm³/mol. The lowest BCUT2D eigenvalue weighted by molar-refractivity contribution is 0.102. The first-order valence-corrected chi connectivity index (χ1v) is 8.44. The second kappa shape index (κ2) is 6.55. The smallest absolute Gasteiger partial charge is 0.259 e. The quantitative estimate of drug-likeness (QED) is 0.761. The van der Waals surface area contributed by atoms with E-state index in [4.69, 9.17) is 0 Å². The zero-order valence-electron chi connectivity index (χ0n) is 14.6. The Balaban J connectivity index is 1.60. The number of aromatic nitrogens is 5. The zero-order valence-corrected chi connectivity index (χ0v) is 14.6. The van der Waals surface area contributed by atoms with Gasteiger partial charge in [-0.3, -0.25) is 9.78 Å². The number of nitrogens with zero attached hydrogens (tertiary/aromatic N) is 6. The van der Waals surface area contributed by atoms with Crippen molar-refractivity contribution in [2.45, 2.75) is 18.9 Å². The van der Waals surface area contributed by atoms with Gasteiger partial charge in [-0.05, 0) is 41.5 Å². The monoisotopic (exact) mass is 349 g/mol. The number of nitrogens with one attached hydrogen (secondary N) is 1. The van der Waals surface area contributed by atoms with E-state index in [0.717, 1.165) is 29.9 Å². The lowest BCUT2D eigenvalue weighted by atomic mass is 10.1. The summed E-state index contributed by atoms with van der Waals surface area (Å²) in [5.74, 6) is 0.514. The molecule has 26 heavy (non-hydrogen) atoms. The Morgan fingerprint density at radius 3 is 2.88 bits per heavy atom. The summed E-state index contributed by atoms with van der Waals surface area (Å²) < 4.78 is 1.85. The molecule has 0 bridgehead atoms. The SMILES string of the molecule is CN(C)c1ccncc1C(=O)Nc1cccc(-c2nnnn2C2CC2)c1. The van der Waals surface area contributed by atoms with Gasteiger partial charge in [-0.2, -0.15) is 0 Å². The summed E-state index contributed by atoms with van der Waals surface area (Å²) in [5, 5.41) is 14.9. The third-order valence-electron chi connectivity index (χ3n) is 4.29. The van der Waals surface area contributed by atoms with Crippen molar-refractivity contribution >= 4 is 17.3 Å². The molecule has 1 saturated carbocycles. The van der Waals surface area contributed by atoms with Crippen LogP contribution in [0.15, 0.2) is 42.7 Å². The van der Waals surface area contributed by atoms with Crippen LogP contribution in [-0.4, -0.2) is 45.2 Å². The first-order chi connectivity index (χ1) is 12.6. The van der Waals surface area contributed by atoms with Crippen LogP contribution < -0.4 is 10.2 Å². The van der Waals surface area contributed by atoms with Crippen LogP contribution in [0.2, 0.25) is 0 Å². The third-order valence-corrected chi connectivity index (χ3v) is 4.29. The highest BCUT2D eigenvalue weighted by atomic mass is 16.1. The van der Waals surface area contributed by atoms with Crippen LogP contribution in [0.25, 0.3) is 11.4 Å². The van der Waals surface area contributed by atoms with E-state index in [1.165, 1.54) is 0 Å². The summed E-state index contributed by atoms with van der Waals surface area (Å²) in [5.41, 5.74) is 2.89. The lowest BCUT2D eigenvalue weighted by Gasteiger charge is -2.16. The Labute approximate surface area is 150 Å². The van der Waals surface area contributed by atoms with E-state index in [0.29, 0.717) is 17.3 Å². The van der Waals surface area contributed by atoms with E-state index in [9.17, 15) is 4.79 Å². The van der Waals surface area contributed by atoms with Crippen LogP contribution >= 0.6 is 0 Å². The number of carbonyl (C=O) groups excluding carboxylic acids is 1. The molecule has 1 aromatic carbocycles. The fraction of sp³-hybridized carbons (Fsp3) is 0.278. The fourth-order valence-electron chi connectivity index (χ4n) is 2.84. The first kappa shape index (κ1) is 16.2. The van der Waals surface area contributed by atoms with Gasteiger partial charge in [-0.15, -0.1) is 5.10 Å². The van der Waals surface area contributed by atoms with Crippen LogP contribution in [0.4, 0.5) is 11.4 Å². The molecule has 1 amide bonds. The van der Waals surface area contributed by atoms with Crippen LogP contribution in [-0.2, 0) is 0 Å². The number of tetrazole rings is 1. The number of carbonyl (C=O) groups is 1. The van der Waals surface area contributed by atoms with Gasteiger partial charge in [0.2, 0.25) is 0 Å². The number of hydrogen-bond acceptors (Lipinski definition) is 6. The van der Waals surface area contributed by atoms with Crippen molar-refractivity contribution in [1.82, 2.24) is 25.2 Å². The Hall–Kier alpha value is -3.29. The Bertz CT molecular complexity index is 946. The summed E-state index contributed by atoms with van der Waals surface area (Å²) in [6.45, 7) is 0. The van der Waals surface area contributed by atoms with Gasteiger partial charge in [0.25, 0.3) is 5.91 Å². The second-order valence-corrected chi connectivity index (χ2v) is 6.50. The second-order valence-electron chi connectivity index (χ2n) is 6.50. The average molecular weight is 349 g/mol. The largest absolute Gasteiger partial charge is 0.377 e. The van der Waals surface area contributed by atoms with Gasteiger partial charge in [0.1, 0.15) is 0 Å². The molecule has 8 nitrogen and oxygen atoms in total. The van der Waals surface area contributed by atoms with E-state index in [-0.39, 0.29) is 5.91 Å². The van der Waals surface area contributed by atoms with Crippen molar-refractivity contribution in [1.29, 1.82) is 0 Å². The van der Waals surface area contributed by atoms with E-state index in [2.05, 4.69) is 25.8 Å². The summed E-state index contributed by atoms with van der Waals surface area (Å²) in [4.78, 5) is 18.7. The Kier molecular flexibility index (Phi) is 4.08. The minimum atomic E-state index is -0.208. The molecule has 0 radical (unpaired) electrons. The summed E-state index contributed by atoms with van der Waals surface area (Å²) in [6, 6.07) is 9.75. The van der Waals surface area contributed by atoms with Crippen molar-refractivity contribution in [2.24, 2.45) is 0 Å². The predicted octanol–water partition coefficient (Wildman–Crippen LogP) is 2.39. The fourth-order valence-corrected chi connectivity index (χ4v) is 2.84. The molecule has 1 aliphatic carbocycles. The number of pyridine rings is 1. The highest BCUT2D eigenvalue weighted by Gasteiger charge is 2.28. The van der Waals surface area contributed by atoms with Crippen LogP contribution in [0, 0.1) is 0 Å². The molecule has 1 fully saturated rings. The highest BCUT2D eigenvalue weighted by Crippen LogP contribution is 2.36. The van der Waals surface area contributed by atoms with Crippen molar-refractivity contribution in [3.63, 3.8) is 0 Å². The molecule has 1 N–H and O–H groups in total. The van der Waals surface area contributed by atoms with E-state index in [1.54, 1.807) is 12.4 Å². The maximum atomic E-state index is 12.7. The molecule has 3 aromatic rings. The molecule has 0 atom stereocenters. The Morgan fingerprint density at radius 1 is 1.27 bits per heavy atom. The van der Waals surface area contributed by atoms with Gasteiger partial charge >= 0.3 is 0 Å². The molecule has 132 valence electrons. The molecule has 2 heterocycles. The normalized spacial score (nSPS) is 13.5. The maximum Gasteiger partial charge on any atom is 0.259 e. The zero-order chi connectivity index (χ0) is 18.1. The minimum absolute atomic E-state index is 0.208. The highest BCUT2D eigenvalue weighted by molar-refractivity contribution is 6.08. The van der Waals surface area contributed by atoms with Gasteiger partial charge in [0.05, 0.1) is 17.3 Å². The van der Waals surface area contributed by atoms with Gasteiger partial charge < -0.3 is 10.2 Å². The molecule has 4 rings (SSSR count). The number of rotatable bonds is 5. The van der Waals surface area contributed by atoms with Gasteiger partial charge in [0.15, 0.2) is 5.82 Å². The van der Waals surface area contributed by atoms with Crippen molar-refractivity contribution in [3.05, 3.63) is 48.3 Å². The molecule has 0 saturated heterocycles. The molecule has 0 spiro atoms. The van der Waals surface area contributed by atoms with Gasteiger partial charge in [0, 0.05) is 37.7 Å². The molecule has 2 aromatic heterocycles. The summed E-state index contributed by atoms with van der Waals surface area (Å²) >= 11 is 0.